The van der Waals surface area contributed by atoms with Crippen molar-refractivity contribution in [1.29, 1.82) is 0 Å². The van der Waals surface area contributed by atoms with Crippen LogP contribution in [-0.2, 0) is 19.0 Å². The molecule has 0 aliphatic carbocycles. The molecule has 1 saturated heterocycles. The molecule has 5 heteroatoms. The van der Waals surface area contributed by atoms with Crippen molar-refractivity contribution in [2.45, 2.75) is 143 Å². The van der Waals surface area contributed by atoms with Crippen LogP contribution in [-0.4, -0.2) is 36.6 Å². The van der Waals surface area contributed by atoms with E-state index in [0.29, 0.717) is 6.61 Å². The minimum absolute atomic E-state index is 0.00217. The summed E-state index contributed by atoms with van der Waals surface area (Å²) in [5, 5.41) is 0. The van der Waals surface area contributed by atoms with Crippen LogP contribution in [0.15, 0.2) is 0 Å². The maximum absolute atomic E-state index is 12.2. The fraction of sp³-hybridized carbons (Fsp3) is 0.962. The maximum atomic E-state index is 12.2. The molecule has 0 unspecified atom stereocenters. The van der Waals surface area contributed by atoms with E-state index in [4.69, 9.17) is 19.9 Å². The number of carbonyl (C=O) groups is 1. The van der Waals surface area contributed by atoms with Crippen LogP contribution in [0.25, 0.3) is 0 Å². The first-order valence-corrected chi connectivity index (χ1v) is 13.0. The van der Waals surface area contributed by atoms with Gasteiger partial charge in [-0.15, -0.1) is 0 Å². The van der Waals surface area contributed by atoms with Crippen molar-refractivity contribution in [3.05, 3.63) is 0 Å². The van der Waals surface area contributed by atoms with Crippen molar-refractivity contribution in [2.75, 3.05) is 6.61 Å². The molecule has 1 rings (SSSR count). The highest BCUT2D eigenvalue weighted by atomic mass is 16.7. The van der Waals surface area contributed by atoms with Crippen molar-refractivity contribution in [3.63, 3.8) is 0 Å². The Hall–Kier alpha value is -0.650. The van der Waals surface area contributed by atoms with Crippen LogP contribution in [0, 0.1) is 11.8 Å². The standard InChI is InChI=1S/C26H51NO4/c1-7-8-9-10-11-12-13-14-15-16-17-18-23(30-25(28)22(4)27)21(3)24-20(2)19-29-26(5,6)31-24/h20-24H,7-19,27H2,1-6H3/t20-,21-,22-,23+,24-/m0/s1. The molecule has 2 N–H and O–H groups in total. The smallest absolute Gasteiger partial charge is 0.322 e. The van der Waals surface area contributed by atoms with E-state index >= 15 is 0 Å². The number of hydrogen-bond acceptors (Lipinski definition) is 5. The van der Waals surface area contributed by atoms with Crippen LogP contribution in [0.4, 0.5) is 0 Å². The van der Waals surface area contributed by atoms with Gasteiger partial charge >= 0.3 is 5.97 Å². The molecule has 1 aliphatic rings. The summed E-state index contributed by atoms with van der Waals surface area (Å²) in [5.74, 6) is -0.558. The summed E-state index contributed by atoms with van der Waals surface area (Å²) >= 11 is 0. The number of carbonyl (C=O) groups excluding carboxylic acids is 1. The van der Waals surface area contributed by atoms with Gasteiger partial charge in [-0.3, -0.25) is 4.79 Å². The predicted molar refractivity (Wildman–Crippen MR) is 128 cm³/mol. The van der Waals surface area contributed by atoms with E-state index in [-0.39, 0.29) is 30.0 Å². The summed E-state index contributed by atoms with van der Waals surface area (Å²) in [6.45, 7) is 12.8. The summed E-state index contributed by atoms with van der Waals surface area (Å²) in [6, 6.07) is -0.600. The van der Waals surface area contributed by atoms with Gasteiger partial charge in [0.1, 0.15) is 12.1 Å². The molecule has 5 nitrogen and oxygen atoms in total. The second-order valence-corrected chi connectivity index (χ2v) is 10.2. The van der Waals surface area contributed by atoms with E-state index in [0.717, 1.165) is 12.8 Å². The lowest BCUT2D eigenvalue weighted by Crippen LogP contribution is -2.50. The molecule has 5 atom stereocenters. The predicted octanol–water partition coefficient (Wildman–Crippen LogP) is 6.37. The quantitative estimate of drug-likeness (QED) is 0.222. The van der Waals surface area contributed by atoms with Crippen molar-refractivity contribution >= 4 is 5.97 Å². The molecule has 0 bridgehead atoms. The van der Waals surface area contributed by atoms with Gasteiger partial charge in [0.15, 0.2) is 5.79 Å². The molecule has 0 radical (unpaired) electrons. The zero-order valence-corrected chi connectivity index (χ0v) is 21.3. The Morgan fingerprint density at radius 1 is 1.00 bits per heavy atom. The Balaban J connectivity index is 2.42. The van der Waals surface area contributed by atoms with Gasteiger partial charge in [-0.05, 0) is 33.6 Å². The molecule has 1 fully saturated rings. The van der Waals surface area contributed by atoms with Crippen LogP contribution >= 0.6 is 0 Å². The third-order valence-electron chi connectivity index (χ3n) is 6.51. The van der Waals surface area contributed by atoms with Gasteiger partial charge in [-0.1, -0.05) is 85.0 Å². The second-order valence-electron chi connectivity index (χ2n) is 10.2. The van der Waals surface area contributed by atoms with E-state index in [1.807, 2.05) is 13.8 Å². The SMILES string of the molecule is CCCCCCCCCCCCC[C@@H](OC(=O)[C@H](C)N)[C@H](C)[C@H]1OC(C)(C)OC[C@@H]1C. The maximum Gasteiger partial charge on any atom is 0.322 e. The lowest BCUT2D eigenvalue weighted by molar-refractivity contribution is -0.304. The Kier molecular flexibility index (Phi) is 13.9. The molecule has 0 aromatic carbocycles. The highest BCUT2D eigenvalue weighted by molar-refractivity contribution is 5.75. The first-order chi connectivity index (χ1) is 14.7. The molecule has 0 aromatic rings. The topological polar surface area (TPSA) is 70.8 Å². The number of esters is 1. The molecule has 0 aromatic heterocycles. The van der Waals surface area contributed by atoms with Gasteiger partial charge in [0.2, 0.25) is 0 Å². The molecular formula is C26H51NO4. The molecule has 0 amide bonds. The number of rotatable bonds is 16. The first-order valence-electron chi connectivity index (χ1n) is 13.0. The van der Waals surface area contributed by atoms with E-state index in [9.17, 15) is 4.79 Å². The van der Waals surface area contributed by atoms with Gasteiger partial charge in [0.05, 0.1) is 12.7 Å². The zero-order valence-electron chi connectivity index (χ0n) is 21.3. The summed E-state index contributed by atoms with van der Waals surface area (Å²) < 4.78 is 17.9. The van der Waals surface area contributed by atoms with Crippen LogP contribution < -0.4 is 5.73 Å². The summed E-state index contributed by atoms with van der Waals surface area (Å²) in [4.78, 5) is 12.2. The molecular weight excluding hydrogens is 390 g/mol. The Bertz CT molecular complexity index is 480. The molecule has 0 saturated carbocycles. The van der Waals surface area contributed by atoms with Gasteiger partial charge < -0.3 is 19.9 Å². The fourth-order valence-corrected chi connectivity index (χ4v) is 4.44. The monoisotopic (exact) mass is 441 g/mol. The average molecular weight is 442 g/mol. The highest BCUT2D eigenvalue weighted by Crippen LogP contribution is 2.33. The Morgan fingerprint density at radius 3 is 2.03 bits per heavy atom. The minimum atomic E-state index is -0.600. The van der Waals surface area contributed by atoms with Gasteiger partial charge in [-0.25, -0.2) is 0 Å². The van der Waals surface area contributed by atoms with Crippen molar-refractivity contribution < 1.29 is 19.0 Å². The van der Waals surface area contributed by atoms with Crippen LogP contribution in [0.1, 0.15) is 119 Å². The van der Waals surface area contributed by atoms with Crippen molar-refractivity contribution in [1.82, 2.24) is 0 Å². The number of nitrogens with two attached hydrogens (primary N) is 1. The lowest BCUT2D eigenvalue weighted by Gasteiger charge is -2.44. The second kappa shape index (κ2) is 15.2. The van der Waals surface area contributed by atoms with Gasteiger partial charge in [0.25, 0.3) is 0 Å². The lowest BCUT2D eigenvalue weighted by atomic mass is 9.86. The summed E-state index contributed by atoms with van der Waals surface area (Å²) in [5.41, 5.74) is 5.77. The van der Waals surface area contributed by atoms with Gasteiger partial charge in [0, 0.05) is 11.8 Å². The van der Waals surface area contributed by atoms with E-state index in [2.05, 4.69) is 20.8 Å². The fourth-order valence-electron chi connectivity index (χ4n) is 4.44. The molecule has 1 aliphatic heterocycles. The third-order valence-corrected chi connectivity index (χ3v) is 6.51. The van der Waals surface area contributed by atoms with Crippen LogP contribution in [0.5, 0.6) is 0 Å². The molecule has 0 spiro atoms. The molecule has 184 valence electrons. The van der Waals surface area contributed by atoms with E-state index < -0.39 is 11.8 Å². The van der Waals surface area contributed by atoms with Crippen LogP contribution in [0.3, 0.4) is 0 Å². The number of ether oxygens (including phenoxy) is 3. The highest BCUT2D eigenvalue weighted by Gasteiger charge is 2.40. The van der Waals surface area contributed by atoms with Crippen LogP contribution in [0.2, 0.25) is 0 Å². The van der Waals surface area contributed by atoms with E-state index in [1.54, 1.807) is 6.92 Å². The largest absolute Gasteiger partial charge is 0.461 e. The number of unbranched alkanes of at least 4 members (excludes halogenated alkanes) is 10. The first kappa shape index (κ1) is 28.4. The number of hydrogen-bond donors (Lipinski definition) is 1. The normalized spacial score (nSPS) is 23.8. The average Bonchev–Trinajstić information content (AvgIpc) is 2.72. The Morgan fingerprint density at radius 2 is 1.52 bits per heavy atom. The summed E-state index contributed by atoms with van der Waals surface area (Å²) in [7, 11) is 0. The minimum Gasteiger partial charge on any atom is -0.461 e. The summed E-state index contributed by atoms with van der Waals surface area (Å²) in [6.07, 6.45) is 15.1. The molecule has 1 heterocycles. The van der Waals surface area contributed by atoms with Crippen molar-refractivity contribution in [2.24, 2.45) is 17.6 Å². The third kappa shape index (κ3) is 11.7. The zero-order chi connectivity index (χ0) is 23.3. The van der Waals surface area contributed by atoms with E-state index in [1.165, 1.54) is 64.2 Å². The molecule has 31 heavy (non-hydrogen) atoms. The van der Waals surface area contributed by atoms with Gasteiger partial charge in [-0.2, -0.15) is 0 Å². The Labute approximate surface area is 192 Å². The van der Waals surface area contributed by atoms with Crippen molar-refractivity contribution in [3.8, 4) is 0 Å².